The van der Waals surface area contributed by atoms with Crippen molar-refractivity contribution < 1.29 is 5.11 Å². The van der Waals surface area contributed by atoms with Crippen LogP contribution in [-0.2, 0) is 6.42 Å². The van der Waals surface area contributed by atoms with Gasteiger partial charge in [0.05, 0.1) is 0 Å². The fraction of sp³-hybridized carbons (Fsp3) is 0.571. The predicted octanol–water partition coefficient (Wildman–Crippen LogP) is 3.39. The Bertz CT molecular complexity index is 352. The van der Waals surface area contributed by atoms with E-state index in [1.165, 1.54) is 5.56 Å². The quantitative estimate of drug-likeness (QED) is 0.821. The maximum Gasteiger partial charge on any atom is 0.120 e. The maximum atomic E-state index is 9.86. The van der Waals surface area contributed by atoms with Gasteiger partial charge >= 0.3 is 0 Å². The number of rotatable bonds is 3. The molecule has 0 saturated carbocycles. The smallest absolute Gasteiger partial charge is 0.120 e. The molecule has 0 heterocycles. The van der Waals surface area contributed by atoms with Crippen molar-refractivity contribution in [1.82, 2.24) is 0 Å². The van der Waals surface area contributed by atoms with E-state index in [-0.39, 0.29) is 11.5 Å². The number of hydrogen-bond acceptors (Lipinski definition) is 2. The Morgan fingerprint density at radius 1 is 1.31 bits per heavy atom. The van der Waals surface area contributed by atoms with Crippen molar-refractivity contribution in [2.45, 2.75) is 46.6 Å². The molecule has 1 aromatic carbocycles. The van der Waals surface area contributed by atoms with Gasteiger partial charge in [-0.1, -0.05) is 46.2 Å². The molecular weight excluding hydrogens is 198 g/mol. The van der Waals surface area contributed by atoms with E-state index in [1.54, 1.807) is 6.07 Å². The summed E-state index contributed by atoms with van der Waals surface area (Å²) in [6.45, 7) is 8.41. The van der Waals surface area contributed by atoms with E-state index in [0.29, 0.717) is 5.75 Å². The van der Waals surface area contributed by atoms with Gasteiger partial charge in [0.2, 0.25) is 0 Å². The highest BCUT2D eigenvalue weighted by Gasteiger charge is 2.24. The zero-order valence-electron chi connectivity index (χ0n) is 10.7. The van der Waals surface area contributed by atoms with Crippen LogP contribution in [0.15, 0.2) is 18.2 Å². The highest BCUT2D eigenvalue weighted by molar-refractivity contribution is 5.39. The van der Waals surface area contributed by atoms with Crippen molar-refractivity contribution in [3.8, 4) is 5.75 Å². The number of hydrogen-bond donors (Lipinski definition) is 2. The highest BCUT2D eigenvalue weighted by atomic mass is 16.3. The molecule has 16 heavy (non-hydrogen) atoms. The molecule has 3 N–H and O–H groups in total. The molecule has 0 radical (unpaired) electrons. The Morgan fingerprint density at radius 3 is 2.44 bits per heavy atom. The van der Waals surface area contributed by atoms with Crippen molar-refractivity contribution in [2.75, 3.05) is 0 Å². The topological polar surface area (TPSA) is 46.2 Å². The van der Waals surface area contributed by atoms with Crippen molar-refractivity contribution in [3.63, 3.8) is 0 Å². The highest BCUT2D eigenvalue weighted by Crippen LogP contribution is 2.35. The SMILES string of the molecule is CCCc1ccc(O)c(C(N)C(C)(C)C)c1. The number of benzene rings is 1. The summed E-state index contributed by atoms with van der Waals surface area (Å²) in [6.07, 6.45) is 2.14. The minimum atomic E-state index is -0.135. The summed E-state index contributed by atoms with van der Waals surface area (Å²) < 4.78 is 0. The Hall–Kier alpha value is -1.02. The Labute approximate surface area is 98.5 Å². The summed E-state index contributed by atoms with van der Waals surface area (Å²) in [7, 11) is 0. The van der Waals surface area contributed by atoms with E-state index in [0.717, 1.165) is 18.4 Å². The molecule has 1 unspecified atom stereocenters. The molecule has 0 aliphatic heterocycles. The van der Waals surface area contributed by atoms with E-state index in [1.807, 2.05) is 12.1 Å². The molecule has 0 aliphatic carbocycles. The van der Waals surface area contributed by atoms with E-state index in [4.69, 9.17) is 5.73 Å². The molecule has 0 bridgehead atoms. The van der Waals surface area contributed by atoms with Crippen LogP contribution in [0.2, 0.25) is 0 Å². The molecule has 0 fully saturated rings. The van der Waals surface area contributed by atoms with Crippen LogP contribution in [-0.4, -0.2) is 5.11 Å². The second kappa shape index (κ2) is 4.88. The Morgan fingerprint density at radius 2 is 1.94 bits per heavy atom. The lowest BCUT2D eigenvalue weighted by molar-refractivity contribution is 0.317. The van der Waals surface area contributed by atoms with Gasteiger partial charge in [-0.05, 0) is 23.5 Å². The Balaban J connectivity index is 3.07. The van der Waals surface area contributed by atoms with Crippen LogP contribution in [0.5, 0.6) is 5.75 Å². The predicted molar refractivity (Wildman–Crippen MR) is 68.5 cm³/mol. The Kier molecular flexibility index (Phi) is 3.98. The number of nitrogens with two attached hydrogens (primary N) is 1. The fourth-order valence-electron chi connectivity index (χ4n) is 1.76. The zero-order chi connectivity index (χ0) is 12.3. The average Bonchev–Trinajstić information content (AvgIpc) is 2.19. The van der Waals surface area contributed by atoms with Gasteiger partial charge in [-0.2, -0.15) is 0 Å². The number of phenols is 1. The van der Waals surface area contributed by atoms with Crippen molar-refractivity contribution >= 4 is 0 Å². The summed E-state index contributed by atoms with van der Waals surface area (Å²) in [5.41, 5.74) is 8.24. The molecule has 90 valence electrons. The molecule has 1 atom stereocenters. The molecule has 2 nitrogen and oxygen atoms in total. The van der Waals surface area contributed by atoms with Crippen LogP contribution < -0.4 is 5.73 Å². The summed E-state index contributed by atoms with van der Waals surface area (Å²) in [5.74, 6) is 0.308. The number of phenolic OH excluding ortho intramolecular Hbond substituents is 1. The van der Waals surface area contributed by atoms with Crippen molar-refractivity contribution in [3.05, 3.63) is 29.3 Å². The van der Waals surface area contributed by atoms with E-state index >= 15 is 0 Å². The fourth-order valence-corrected chi connectivity index (χ4v) is 1.76. The average molecular weight is 221 g/mol. The zero-order valence-corrected chi connectivity index (χ0v) is 10.7. The van der Waals surface area contributed by atoms with Gasteiger partial charge in [0, 0.05) is 11.6 Å². The summed E-state index contributed by atoms with van der Waals surface area (Å²) >= 11 is 0. The third kappa shape index (κ3) is 2.99. The van der Waals surface area contributed by atoms with E-state index < -0.39 is 0 Å². The largest absolute Gasteiger partial charge is 0.508 e. The maximum absolute atomic E-state index is 9.86. The minimum absolute atomic E-state index is 0.0394. The van der Waals surface area contributed by atoms with E-state index in [9.17, 15) is 5.11 Å². The van der Waals surface area contributed by atoms with Crippen LogP contribution in [0.3, 0.4) is 0 Å². The lowest BCUT2D eigenvalue weighted by Gasteiger charge is -2.28. The molecular formula is C14H23NO. The number of aryl methyl sites for hydroxylation is 1. The molecule has 2 heteroatoms. The first-order valence-electron chi connectivity index (χ1n) is 5.93. The lowest BCUT2D eigenvalue weighted by Crippen LogP contribution is -2.26. The van der Waals surface area contributed by atoms with Gasteiger partial charge in [0.1, 0.15) is 5.75 Å². The minimum Gasteiger partial charge on any atom is -0.508 e. The van der Waals surface area contributed by atoms with Gasteiger partial charge in [-0.25, -0.2) is 0 Å². The summed E-state index contributed by atoms with van der Waals surface area (Å²) in [4.78, 5) is 0. The second-order valence-corrected chi connectivity index (χ2v) is 5.49. The second-order valence-electron chi connectivity index (χ2n) is 5.49. The molecule has 0 saturated heterocycles. The number of aromatic hydroxyl groups is 1. The lowest BCUT2D eigenvalue weighted by atomic mass is 9.82. The molecule has 0 aromatic heterocycles. The third-order valence-corrected chi connectivity index (χ3v) is 2.90. The standard InChI is InChI=1S/C14H23NO/c1-5-6-10-7-8-12(16)11(9-10)13(15)14(2,3)4/h7-9,13,16H,5-6,15H2,1-4H3. The summed E-state index contributed by atoms with van der Waals surface area (Å²) in [6, 6.07) is 5.63. The monoisotopic (exact) mass is 221 g/mol. The third-order valence-electron chi connectivity index (χ3n) is 2.90. The van der Waals surface area contributed by atoms with Gasteiger partial charge in [0.15, 0.2) is 0 Å². The van der Waals surface area contributed by atoms with Crippen LogP contribution in [0.25, 0.3) is 0 Å². The first-order chi connectivity index (χ1) is 7.36. The van der Waals surface area contributed by atoms with Gasteiger partial charge in [-0.15, -0.1) is 0 Å². The van der Waals surface area contributed by atoms with Gasteiger partial charge < -0.3 is 10.8 Å². The normalized spacial score (nSPS) is 13.8. The molecule has 0 spiro atoms. The van der Waals surface area contributed by atoms with Gasteiger partial charge in [0.25, 0.3) is 0 Å². The molecule has 1 aromatic rings. The molecule has 1 rings (SSSR count). The van der Waals surface area contributed by atoms with Crippen LogP contribution in [0, 0.1) is 5.41 Å². The van der Waals surface area contributed by atoms with Crippen molar-refractivity contribution in [2.24, 2.45) is 11.1 Å². The molecule has 0 amide bonds. The van der Waals surface area contributed by atoms with Crippen molar-refractivity contribution in [1.29, 1.82) is 0 Å². The van der Waals surface area contributed by atoms with Crippen LogP contribution in [0.4, 0.5) is 0 Å². The van der Waals surface area contributed by atoms with Crippen LogP contribution in [0.1, 0.15) is 51.3 Å². The first-order valence-corrected chi connectivity index (χ1v) is 5.93. The van der Waals surface area contributed by atoms with Gasteiger partial charge in [-0.3, -0.25) is 0 Å². The first kappa shape index (κ1) is 13.0. The van der Waals surface area contributed by atoms with Crippen LogP contribution >= 0.6 is 0 Å². The molecule has 0 aliphatic rings. The summed E-state index contributed by atoms with van der Waals surface area (Å²) in [5, 5.41) is 9.86. The van der Waals surface area contributed by atoms with E-state index in [2.05, 4.69) is 27.7 Å².